The molecular formula is C15H23NO2. The molecule has 1 amide bonds. The van der Waals surface area contributed by atoms with Crippen molar-refractivity contribution in [1.29, 1.82) is 0 Å². The number of benzene rings is 1. The number of carbonyl (C=O) groups is 1. The molecule has 1 aromatic carbocycles. The average Bonchev–Trinajstić information content (AvgIpc) is 2.35. The van der Waals surface area contributed by atoms with Gasteiger partial charge in [-0.2, -0.15) is 0 Å². The molecule has 1 atom stereocenters. The SMILES string of the molecule is CC[C@@H](NC(=O)C(C)C)c1ccc(OC)c(C)c1. The fourth-order valence-electron chi connectivity index (χ4n) is 1.88. The van der Waals surface area contributed by atoms with Crippen molar-refractivity contribution in [1.82, 2.24) is 5.32 Å². The first-order valence-corrected chi connectivity index (χ1v) is 6.44. The first-order chi connectivity index (χ1) is 8.49. The molecular weight excluding hydrogens is 226 g/mol. The minimum atomic E-state index is 0.0124. The lowest BCUT2D eigenvalue weighted by molar-refractivity contribution is -0.124. The molecule has 1 N–H and O–H groups in total. The van der Waals surface area contributed by atoms with Crippen molar-refractivity contribution < 1.29 is 9.53 Å². The lowest BCUT2D eigenvalue weighted by atomic mass is 10.0. The molecule has 0 aromatic heterocycles. The number of hydrogen-bond donors (Lipinski definition) is 1. The van der Waals surface area contributed by atoms with Crippen LogP contribution in [0, 0.1) is 12.8 Å². The maximum atomic E-state index is 11.8. The van der Waals surface area contributed by atoms with E-state index in [0.717, 1.165) is 23.3 Å². The van der Waals surface area contributed by atoms with Gasteiger partial charge < -0.3 is 10.1 Å². The van der Waals surface area contributed by atoms with E-state index in [0.29, 0.717) is 0 Å². The minimum Gasteiger partial charge on any atom is -0.496 e. The smallest absolute Gasteiger partial charge is 0.223 e. The molecule has 0 spiro atoms. The minimum absolute atomic E-state index is 0.0124. The first-order valence-electron chi connectivity index (χ1n) is 6.44. The van der Waals surface area contributed by atoms with Gasteiger partial charge in [-0.15, -0.1) is 0 Å². The van der Waals surface area contributed by atoms with Gasteiger partial charge in [-0.3, -0.25) is 4.79 Å². The summed E-state index contributed by atoms with van der Waals surface area (Å²) in [6.45, 7) is 7.90. The van der Waals surface area contributed by atoms with Gasteiger partial charge in [0.1, 0.15) is 5.75 Å². The summed E-state index contributed by atoms with van der Waals surface area (Å²) in [7, 11) is 1.67. The first kappa shape index (κ1) is 14.6. The fraction of sp³-hybridized carbons (Fsp3) is 0.533. The Kier molecular flexibility index (Phi) is 5.20. The Morgan fingerprint density at radius 1 is 1.39 bits per heavy atom. The molecule has 0 unspecified atom stereocenters. The third kappa shape index (κ3) is 3.49. The molecule has 0 heterocycles. The quantitative estimate of drug-likeness (QED) is 0.870. The number of ether oxygens (including phenoxy) is 1. The molecule has 0 fully saturated rings. The zero-order valence-corrected chi connectivity index (χ0v) is 11.9. The van der Waals surface area contributed by atoms with E-state index in [4.69, 9.17) is 4.74 Å². The van der Waals surface area contributed by atoms with Crippen LogP contribution in [0.25, 0.3) is 0 Å². The largest absolute Gasteiger partial charge is 0.496 e. The Bertz CT molecular complexity index is 413. The van der Waals surface area contributed by atoms with Crippen LogP contribution in [0.3, 0.4) is 0 Å². The van der Waals surface area contributed by atoms with Gasteiger partial charge in [-0.25, -0.2) is 0 Å². The Morgan fingerprint density at radius 3 is 2.50 bits per heavy atom. The number of methoxy groups -OCH3 is 1. The van der Waals surface area contributed by atoms with E-state index in [-0.39, 0.29) is 17.9 Å². The van der Waals surface area contributed by atoms with E-state index in [1.165, 1.54) is 0 Å². The van der Waals surface area contributed by atoms with Crippen LogP contribution in [0.15, 0.2) is 18.2 Å². The highest BCUT2D eigenvalue weighted by atomic mass is 16.5. The summed E-state index contributed by atoms with van der Waals surface area (Å²) in [6.07, 6.45) is 0.879. The molecule has 0 aliphatic heterocycles. The summed E-state index contributed by atoms with van der Waals surface area (Å²) in [5.41, 5.74) is 2.22. The molecule has 0 aliphatic carbocycles. The molecule has 0 bridgehead atoms. The summed E-state index contributed by atoms with van der Waals surface area (Å²) >= 11 is 0. The zero-order chi connectivity index (χ0) is 13.7. The third-order valence-corrected chi connectivity index (χ3v) is 3.07. The van der Waals surface area contributed by atoms with Crippen LogP contribution < -0.4 is 10.1 Å². The van der Waals surface area contributed by atoms with E-state index in [9.17, 15) is 4.79 Å². The standard InChI is InChI=1S/C15H23NO2/c1-6-13(16-15(17)10(2)3)12-7-8-14(18-5)11(4)9-12/h7-10,13H,6H2,1-5H3,(H,16,17)/t13-/m1/s1. The van der Waals surface area contributed by atoms with Gasteiger partial charge in [0, 0.05) is 5.92 Å². The van der Waals surface area contributed by atoms with Crippen molar-refractivity contribution in [2.45, 2.75) is 40.2 Å². The molecule has 1 rings (SSSR count). The lowest BCUT2D eigenvalue weighted by Gasteiger charge is -2.20. The highest BCUT2D eigenvalue weighted by Gasteiger charge is 2.15. The van der Waals surface area contributed by atoms with Gasteiger partial charge in [0.05, 0.1) is 13.2 Å². The Balaban J connectivity index is 2.88. The number of carbonyl (C=O) groups excluding carboxylic acids is 1. The Morgan fingerprint density at radius 2 is 2.06 bits per heavy atom. The number of amides is 1. The van der Waals surface area contributed by atoms with E-state index in [2.05, 4.69) is 18.3 Å². The summed E-state index contributed by atoms with van der Waals surface area (Å²) in [5, 5.41) is 3.07. The van der Waals surface area contributed by atoms with Gasteiger partial charge in [0.25, 0.3) is 0 Å². The second-order valence-corrected chi connectivity index (χ2v) is 4.85. The highest BCUT2D eigenvalue weighted by molar-refractivity contribution is 5.78. The maximum absolute atomic E-state index is 11.8. The van der Waals surface area contributed by atoms with Crippen molar-refractivity contribution in [3.05, 3.63) is 29.3 Å². The van der Waals surface area contributed by atoms with Crippen molar-refractivity contribution in [2.75, 3.05) is 7.11 Å². The van der Waals surface area contributed by atoms with E-state index in [1.807, 2.05) is 32.9 Å². The van der Waals surface area contributed by atoms with Crippen LogP contribution in [-0.4, -0.2) is 13.0 Å². The number of aryl methyl sites for hydroxylation is 1. The lowest BCUT2D eigenvalue weighted by Crippen LogP contribution is -2.31. The van der Waals surface area contributed by atoms with E-state index in [1.54, 1.807) is 7.11 Å². The Labute approximate surface area is 110 Å². The molecule has 18 heavy (non-hydrogen) atoms. The highest BCUT2D eigenvalue weighted by Crippen LogP contribution is 2.24. The van der Waals surface area contributed by atoms with Crippen molar-refractivity contribution >= 4 is 5.91 Å². The number of hydrogen-bond acceptors (Lipinski definition) is 2. The van der Waals surface area contributed by atoms with Gasteiger partial charge >= 0.3 is 0 Å². The second-order valence-electron chi connectivity index (χ2n) is 4.85. The molecule has 100 valence electrons. The summed E-state index contributed by atoms with van der Waals surface area (Å²) in [6, 6.07) is 6.12. The van der Waals surface area contributed by atoms with Gasteiger partial charge in [-0.05, 0) is 30.5 Å². The average molecular weight is 249 g/mol. The van der Waals surface area contributed by atoms with Gasteiger partial charge in [0.2, 0.25) is 5.91 Å². The van der Waals surface area contributed by atoms with Crippen LogP contribution in [0.1, 0.15) is 44.4 Å². The topological polar surface area (TPSA) is 38.3 Å². The van der Waals surface area contributed by atoms with E-state index < -0.39 is 0 Å². The van der Waals surface area contributed by atoms with Crippen molar-refractivity contribution in [3.63, 3.8) is 0 Å². The molecule has 0 radical (unpaired) electrons. The zero-order valence-electron chi connectivity index (χ0n) is 11.9. The second kappa shape index (κ2) is 6.43. The monoisotopic (exact) mass is 249 g/mol. The molecule has 0 saturated carbocycles. The predicted octanol–water partition coefficient (Wildman–Crippen LogP) is 3.23. The molecule has 3 heteroatoms. The molecule has 0 aliphatic rings. The predicted molar refractivity (Wildman–Crippen MR) is 73.7 cm³/mol. The van der Waals surface area contributed by atoms with Crippen LogP contribution in [0.4, 0.5) is 0 Å². The van der Waals surface area contributed by atoms with Crippen molar-refractivity contribution in [2.24, 2.45) is 5.92 Å². The third-order valence-electron chi connectivity index (χ3n) is 3.07. The summed E-state index contributed by atoms with van der Waals surface area (Å²) in [4.78, 5) is 11.8. The van der Waals surface area contributed by atoms with Crippen LogP contribution >= 0.6 is 0 Å². The summed E-state index contributed by atoms with van der Waals surface area (Å²) < 4.78 is 5.25. The van der Waals surface area contributed by atoms with E-state index >= 15 is 0 Å². The summed E-state index contributed by atoms with van der Waals surface area (Å²) in [5.74, 6) is 0.984. The molecule has 1 aromatic rings. The number of rotatable bonds is 5. The Hall–Kier alpha value is -1.51. The normalized spacial score (nSPS) is 12.3. The van der Waals surface area contributed by atoms with Crippen molar-refractivity contribution in [3.8, 4) is 5.75 Å². The van der Waals surface area contributed by atoms with Gasteiger partial charge in [0.15, 0.2) is 0 Å². The molecule has 0 saturated heterocycles. The van der Waals surface area contributed by atoms with Crippen LogP contribution in [-0.2, 0) is 4.79 Å². The number of nitrogens with one attached hydrogen (secondary N) is 1. The molecule has 3 nitrogen and oxygen atoms in total. The maximum Gasteiger partial charge on any atom is 0.223 e. The van der Waals surface area contributed by atoms with Gasteiger partial charge in [-0.1, -0.05) is 32.9 Å². The van der Waals surface area contributed by atoms with Crippen LogP contribution in [0.2, 0.25) is 0 Å². The van der Waals surface area contributed by atoms with Crippen LogP contribution in [0.5, 0.6) is 5.75 Å². The fourth-order valence-corrected chi connectivity index (χ4v) is 1.88.